The molecule has 0 aliphatic carbocycles. The fourth-order valence-corrected chi connectivity index (χ4v) is 1.69. The van der Waals surface area contributed by atoms with Crippen molar-refractivity contribution in [2.24, 2.45) is 0 Å². The van der Waals surface area contributed by atoms with Gasteiger partial charge < -0.3 is 4.74 Å². The minimum Gasteiger partial charge on any atom is -0.462 e. The fourth-order valence-electron chi connectivity index (χ4n) is 1.55. The first-order chi connectivity index (χ1) is 8.60. The Bertz CT molecular complexity index is 448. The van der Waals surface area contributed by atoms with Crippen molar-refractivity contribution < 1.29 is 14.5 Å². The number of aryl methyl sites for hydroxylation is 1. The Morgan fingerprint density at radius 1 is 1.50 bits per heavy atom. The zero-order chi connectivity index (χ0) is 13.5. The largest absolute Gasteiger partial charge is 0.462 e. The highest BCUT2D eigenvalue weighted by Crippen LogP contribution is 2.20. The SMILES string of the molecule is CCOC(=O)c1cc([N+](=O)[O-])ccc1CCCCl. The Morgan fingerprint density at radius 3 is 2.78 bits per heavy atom. The Hall–Kier alpha value is -1.62. The van der Waals surface area contributed by atoms with E-state index in [0.29, 0.717) is 18.7 Å². The van der Waals surface area contributed by atoms with E-state index in [1.807, 2.05) is 0 Å². The van der Waals surface area contributed by atoms with Crippen molar-refractivity contribution in [3.05, 3.63) is 39.4 Å². The van der Waals surface area contributed by atoms with Crippen LogP contribution in [0.25, 0.3) is 0 Å². The third kappa shape index (κ3) is 3.70. The zero-order valence-corrected chi connectivity index (χ0v) is 10.8. The molecular weight excluding hydrogens is 258 g/mol. The van der Waals surface area contributed by atoms with Crippen molar-refractivity contribution in [1.82, 2.24) is 0 Å². The number of carbonyl (C=O) groups excluding carboxylic acids is 1. The molecule has 18 heavy (non-hydrogen) atoms. The van der Waals surface area contributed by atoms with E-state index in [1.165, 1.54) is 12.1 Å². The van der Waals surface area contributed by atoms with E-state index in [0.717, 1.165) is 5.56 Å². The maximum Gasteiger partial charge on any atom is 0.338 e. The first kappa shape index (κ1) is 14.4. The van der Waals surface area contributed by atoms with Crippen LogP contribution in [-0.2, 0) is 11.2 Å². The number of ether oxygens (including phenoxy) is 1. The molecular formula is C12H14ClNO4. The predicted octanol–water partition coefficient (Wildman–Crippen LogP) is 2.94. The van der Waals surface area contributed by atoms with Crippen LogP contribution in [0.1, 0.15) is 29.3 Å². The van der Waals surface area contributed by atoms with Crippen molar-refractivity contribution in [2.45, 2.75) is 19.8 Å². The number of non-ortho nitro benzene ring substituents is 1. The number of halogens is 1. The number of alkyl halides is 1. The maximum atomic E-state index is 11.7. The molecule has 0 atom stereocenters. The maximum absolute atomic E-state index is 11.7. The molecule has 6 heteroatoms. The van der Waals surface area contributed by atoms with Gasteiger partial charge >= 0.3 is 5.97 Å². The minimum atomic E-state index is -0.536. The van der Waals surface area contributed by atoms with Gasteiger partial charge in [-0.15, -0.1) is 11.6 Å². The van der Waals surface area contributed by atoms with Gasteiger partial charge in [0.05, 0.1) is 17.1 Å². The van der Waals surface area contributed by atoms with Crippen molar-refractivity contribution in [2.75, 3.05) is 12.5 Å². The van der Waals surface area contributed by atoms with Gasteiger partial charge in [-0.3, -0.25) is 10.1 Å². The molecule has 0 spiro atoms. The van der Waals surface area contributed by atoms with Gasteiger partial charge in [0.1, 0.15) is 0 Å². The molecule has 5 nitrogen and oxygen atoms in total. The fraction of sp³-hybridized carbons (Fsp3) is 0.417. The van der Waals surface area contributed by atoms with Crippen molar-refractivity contribution in [3.63, 3.8) is 0 Å². The molecule has 0 unspecified atom stereocenters. The summed E-state index contributed by atoms with van der Waals surface area (Å²) in [4.78, 5) is 21.9. The van der Waals surface area contributed by atoms with Gasteiger partial charge in [0, 0.05) is 18.0 Å². The molecule has 0 radical (unpaired) electrons. The average molecular weight is 272 g/mol. The summed E-state index contributed by atoms with van der Waals surface area (Å²) in [5.41, 5.74) is 0.851. The Morgan fingerprint density at radius 2 is 2.22 bits per heavy atom. The van der Waals surface area contributed by atoms with Gasteiger partial charge in [-0.1, -0.05) is 6.07 Å². The molecule has 1 aromatic carbocycles. The minimum absolute atomic E-state index is 0.118. The number of nitrogens with zero attached hydrogens (tertiary/aromatic N) is 1. The van der Waals surface area contributed by atoms with Gasteiger partial charge in [-0.25, -0.2) is 4.79 Å². The van der Waals surface area contributed by atoms with Gasteiger partial charge in [-0.05, 0) is 25.3 Å². The number of benzene rings is 1. The number of hydrogen-bond acceptors (Lipinski definition) is 4. The number of nitro benzene ring substituents is 1. The monoisotopic (exact) mass is 271 g/mol. The second kappa shape index (κ2) is 6.96. The van der Waals surface area contributed by atoms with Crippen LogP contribution in [0.5, 0.6) is 0 Å². The van der Waals surface area contributed by atoms with E-state index >= 15 is 0 Å². The molecule has 0 saturated carbocycles. The Labute approximate surface area is 110 Å². The van der Waals surface area contributed by atoms with Crippen molar-refractivity contribution in [1.29, 1.82) is 0 Å². The summed E-state index contributed by atoms with van der Waals surface area (Å²) in [6.07, 6.45) is 1.29. The summed E-state index contributed by atoms with van der Waals surface area (Å²) in [5.74, 6) is -0.0648. The van der Waals surface area contributed by atoms with Gasteiger partial charge in [0.2, 0.25) is 0 Å². The molecule has 0 amide bonds. The standard InChI is InChI=1S/C12H14ClNO4/c1-2-18-12(15)11-8-10(14(16)17)6-5-9(11)4-3-7-13/h5-6,8H,2-4,7H2,1H3. The molecule has 0 N–H and O–H groups in total. The molecule has 0 aromatic heterocycles. The molecule has 0 fully saturated rings. The lowest BCUT2D eigenvalue weighted by atomic mass is 10.0. The normalized spacial score (nSPS) is 10.1. The zero-order valence-electron chi connectivity index (χ0n) is 10.0. The first-order valence-corrected chi connectivity index (χ1v) is 6.14. The second-order valence-corrected chi connectivity index (χ2v) is 3.99. The van der Waals surface area contributed by atoms with E-state index in [2.05, 4.69) is 0 Å². The summed E-state index contributed by atoms with van der Waals surface area (Å²) < 4.78 is 4.89. The summed E-state index contributed by atoms with van der Waals surface area (Å²) >= 11 is 5.60. The third-order valence-corrected chi connectivity index (χ3v) is 2.65. The first-order valence-electron chi connectivity index (χ1n) is 5.60. The lowest BCUT2D eigenvalue weighted by Gasteiger charge is -2.08. The number of hydrogen-bond donors (Lipinski definition) is 0. The molecule has 0 aliphatic heterocycles. The van der Waals surface area contributed by atoms with Crippen molar-refractivity contribution >= 4 is 23.3 Å². The highest BCUT2D eigenvalue weighted by molar-refractivity contribution is 6.17. The summed E-state index contributed by atoms with van der Waals surface area (Å²) in [7, 11) is 0. The Kier molecular flexibility index (Phi) is 5.58. The van der Waals surface area contributed by atoms with Crippen LogP contribution in [0.2, 0.25) is 0 Å². The van der Waals surface area contributed by atoms with Crippen LogP contribution < -0.4 is 0 Å². The van der Waals surface area contributed by atoms with E-state index in [4.69, 9.17) is 16.3 Å². The van der Waals surface area contributed by atoms with Crippen molar-refractivity contribution in [3.8, 4) is 0 Å². The van der Waals surface area contributed by atoms with Crippen LogP contribution in [0.15, 0.2) is 18.2 Å². The van der Waals surface area contributed by atoms with Crippen LogP contribution in [0.4, 0.5) is 5.69 Å². The molecule has 1 rings (SSSR count). The van der Waals surface area contributed by atoms with Gasteiger partial charge in [0.25, 0.3) is 5.69 Å². The topological polar surface area (TPSA) is 69.4 Å². The summed E-state index contributed by atoms with van der Waals surface area (Å²) in [5, 5.41) is 10.7. The second-order valence-electron chi connectivity index (χ2n) is 3.61. The lowest BCUT2D eigenvalue weighted by molar-refractivity contribution is -0.384. The molecule has 1 aromatic rings. The van der Waals surface area contributed by atoms with E-state index in [-0.39, 0.29) is 17.9 Å². The van der Waals surface area contributed by atoms with E-state index in [9.17, 15) is 14.9 Å². The highest BCUT2D eigenvalue weighted by Gasteiger charge is 2.17. The van der Waals surface area contributed by atoms with Gasteiger partial charge in [-0.2, -0.15) is 0 Å². The average Bonchev–Trinajstić information content (AvgIpc) is 2.36. The Balaban J connectivity index is 3.09. The lowest BCUT2D eigenvalue weighted by Crippen LogP contribution is -2.09. The highest BCUT2D eigenvalue weighted by atomic mass is 35.5. The van der Waals surface area contributed by atoms with Crippen LogP contribution in [-0.4, -0.2) is 23.4 Å². The number of esters is 1. The summed E-state index contributed by atoms with van der Waals surface area (Å²) in [6.45, 7) is 1.92. The molecule has 0 saturated heterocycles. The smallest absolute Gasteiger partial charge is 0.338 e. The number of nitro groups is 1. The molecule has 98 valence electrons. The third-order valence-electron chi connectivity index (χ3n) is 2.38. The number of rotatable bonds is 6. The molecule has 0 bridgehead atoms. The van der Waals surface area contributed by atoms with E-state index in [1.54, 1.807) is 13.0 Å². The van der Waals surface area contributed by atoms with Crippen LogP contribution >= 0.6 is 11.6 Å². The van der Waals surface area contributed by atoms with Crippen LogP contribution in [0.3, 0.4) is 0 Å². The summed E-state index contributed by atoms with van der Waals surface area (Å²) in [6, 6.07) is 4.21. The van der Waals surface area contributed by atoms with Crippen LogP contribution in [0, 0.1) is 10.1 Å². The predicted molar refractivity (Wildman–Crippen MR) is 68.1 cm³/mol. The van der Waals surface area contributed by atoms with Gasteiger partial charge in [0.15, 0.2) is 0 Å². The number of carbonyl (C=O) groups is 1. The van der Waals surface area contributed by atoms with E-state index < -0.39 is 10.9 Å². The molecule has 0 heterocycles. The molecule has 0 aliphatic rings. The quantitative estimate of drug-likeness (QED) is 0.345.